The molecule has 2 heterocycles. The predicted octanol–water partition coefficient (Wildman–Crippen LogP) is 15.1. The average Bonchev–Trinajstić information content (AvgIpc) is 3.82. The summed E-state index contributed by atoms with van der Waals surface area (Å²) in [5, 5.41) is 6.78. The Morgan fingerprint density at radius 1 is 0.273 bits per heavy atom. The largest absolute Gasteiger partial charge is 0.456 e. The number of hydrogen-bond acceptors (Lipinski definition) is 3. The van der Waals surface area contributed by atoms with Crippen LogP contribution in [0, 0.1) is 0 Å². The van der Waals surface area contributed by atoms with Gasteiger partial charge in [-0.15, -0.1) is 0 Å². The molecule has 2 aromatic heterocycles. The van der Waals surface area contributed by atoms with E-state index >= 15 is 0 Å². The zero-order valence-electron chi connectivity index (χ0n) is 29.8. The van der Waals surface area contributed by atoms with Crippen LogP contribution in [0.3, 0.4) is 0 Å². The van der Waals surface area contributed by atoms with Gasteiger partial charge in [0.05, 0.1) is 5.69 Å². The van der Waals surface area contributed by atoms with Crippen molar-refractivity contribution < 1.29 is 8.83 Å². The Hall–Kier alpha value is -7.36. The molecule has 11 aromatic rings. The average molecular weight is 704 g/mol. The van der Waals surface area contributed by atoms with Crippen LogP contribution >= 0.6 is 0 Å². The van der Waals surface area contributed by atoms with Crippen LogP contribution in [0.2, 0.25) is 0 Å². The van der Waals surface area contributed by atoms with E-state index in [1.807, 2.05) is 24.3 Å². The maximum Gasteiger partial charge on any atom is 0.137 e. The first-order valence-electron chi connectivity index (χ1n) is 18.7. The first kappa shape index (κ1) is 31.2. The minimum absolute atomic E-state index is 0.854. The van der Waals surface area contributed by atoms with E-state index in [0.717, 1.165) is 94.1 Å². The topological polar surface area (TPSA) is 29.5 Å². The number of anilines is 3. The van der Waals surface area contributed by atoms with Gasteiger partial charge in [0.2, 0.25) is 0 Å². The molecule has 0 aliphatic rings. The van der Waals surface area contributed by atoms with E-state index in [2.05, 4.69) is 181 Å². The van der Waals surface area contributed by atoms with Gasteiger partial charge < -0.3 is 13.7 Å². The fourth-order valence-electron chi connectivity index (χ4n) is 8.24. The van der Waals surface area contributed by atoms with Gasteiger partial charge in [-0.3, -0.25) is 0 Å². The smallest absolute Gasteiger partial charge is 0.137 e. The SMILES string of the molecule is c1ccc(-c2cc(-c3ccccc3)cc(N(c3ccc4c(c3)oc3ccccc34)c3ccc(-c4ccc5oc6ccccc6c5c4)c4ccccc34)c2)cc1. The maximum absolute atomic E-state index is 6.49. The van der Waals surface area contributed by atoms with Crippen molar-refractivity contribution in [1.29, 1.82) is 0 Å². The lowest BCUT2D eigenvalue weighted by Crippen LogP contribution is -2.11. The second-order valence-electron chi connectivity index (χ2n) is 14.1. The molecule has 3 nitrogen and oxygen atoms in total. The third-order valence-electron chi connectivity index (χ3n) is 10.8. The molecule has 0 aliphatic carbocycles. The van der Waals surface area contributed by atoms with Gasteiger partial charge in [-0.05, 0) is 99.4 Å². The highest BCUT2D eigenvalue weighted by Gasteiger charge is 2.21. The summed E-state index contributed by atoms with van der Waals surface area (Å²) in [6.45, 7) is 0. The van der Waals surface area contributed by atoms with E-state index in [-0.39, 0.29) is 0 Å². The van der Waals surface area contributed by atoms with Crippen molar-refractivity contribution in [2.75, 3.05) is 4.90 Å². The van der Waals surface area contributed by atoms with Crippen LogP contribution in [-0.4, -0.2) is 0 Å². The summed E-state index contributed by atoms with van der Waals surface area (Å²) in [6, 6.07) is 71.2. The van der Waals surface area contributed by atoms with Crippen LogP contribution in [-0.2, 0) is 0 Å². The highest BCUT2D eigenvalue weighted by atomic mass is 16.3. The summed E-state index contributed by atoms with van der Waals surface area (Å²) in [4.78, 5) is 2.39. The standard InChI is InChI=1S/C52H33NO2/c1-3-13-34(14-4-1)37-29-38(35-15-5-2-6-16-35)31-40(30-37)53(39-24-25-46-44-19-9-11-21-49(44)55-52(46)33-39)48-27-26-41(42-17-7-8-18-43(42)48)36-23-28-51-47(32-36)45-20-10-12-22-50(45)54-51/h1-33H. The zero-order valence-corrected chi connectivity index (χ0v) is 29.8. The van der Waals surface area contributed by atoms with Crippen LogP contribution in [0.1, 0.15) is 0 Å². The van der Waals surface area contributed by atoms with Crippen LogP contribution in [0.4, 0.5) is 17.1 Å². The van der Waals surface area contributed by atoms with Gasteiger partial charge in [0.1, 0.15) is 22.3 Å². The van der Waals surface area contributed by atoms with Gasteiger partial charge in [0.15, 0.2) is 0 Å². The Bertz CT molecular complexity index is 3150. The first-order valence-corrected chi connectivity index (χ1v) is 18.7. The second-order valence-corrected chi connectivity index (χ2v) is 14.1. The molecule has 0 amide bonds. The summed E-state index contributed by atoms with van der Waals surface area (Å²) < 4.78 is 12.7. The number of nitrogens with zero attached hydrogens (tertiary/aromatic N) is 1. The molecule has 11 rings (SSSR count). The van der Waals surface area contributed by atoms with Gasteiger partial charge >= 0.3 is 0 Å². The van der Waals surface area contributed by atoms with Gasteiger partial charge in [-0.2, -0.15) is 0 Å². The van der Waals surface area contributed by atoms with Crippen LogP contribution in [0.15, 0.2) is 209 Å². The molecule has 0 bridgehead atoms. The van der Waals surface area contributed by atoms with Crippen molar-refractivity contribution in [3.05, 3.63) is 200 Å². The van der Waals surface area contributed by atoms with E-state index in [1.54, 1.807) is 0 Å². The maximum atomic E-state index is 6.49. The number of furan rings is 2. The van der Waals surface area contributed by atoms with Crippen molar-refractivity contribution in [2.24, 2.45) is 0 Å². The van der Waals surface area contributed by atoms with Crippen LogP contribution < -0.4 is 4.90 Å². The molecular weight excluding hydrogens is 671 g/mol. The third kappa shape index (κ3) is 5.28. The summed E-state index contributed by atoms with van der Waals surface area (Å²) >= 11 is 0. The molecule has 3 heteroatoms. The van der Waals surface area contributed by atoms with E-state index in [4.69, 9.17) is 8.83 Å². The lowest BCUT2D eigenvalue weighted by molar-refractivity contribution is 0.668. The third-order valence-corrected chi connectivity index (χ3v) is 10.8. The highest BCUT2D eigenvalue weighted by molar-refractivity contribution is 6.11. The lowest BCUT2D eigenvalue weighted by atomic mass is 9.94. The Balaban J connectivity index is 1.16. The number of para-hydroxylation sites is 2. The van der Waals surface area contributed by atoms with Crippen molar-refractivity contribution in [2.45, 2.75) is 0 Å². The molecule has 0 N–H and O–H groups in total. The van der Waals surface area contributed by atoms with Gasteiger partial charge in [0.25, 0.3) is 0 Å². The van der Waals surface area contributed by atoms with Crippen molar-refractivity contribution in [3.8, 4) is 33.4 Å². The quantitative estimate of drug-likeness (QED) is 0.173. The Kier molecular flexibility index (Phi) is 7.17. The van der Waals surface area contributed by atoms with Crippen molar-refractivity contribution >= 4 is 71.7 Å². The molecule has 0 spiro atoms. The van der Waals surface area contributed by atoms with E-state index < -0.39 is 0 Å². The number of rotatable bonds is 6. The fraction of sp³-hybridized carbons (Fsp3) is 0. The molecule has 0 radical (unpaired) electrons. The minimum Gasteiger partial charge on any atom is -0.456 e. The predicted molar refractivity (Wildman–Crippen MR) is 229 cm³/mol. The van der Waals surface area contributed by atoms with Crippen molar-refractivity contribution in [3.63, 3.8) is 0 Å². The van der Waals surface area contributed by atoms with Crippen LogP contribution in [0.25, 0.3) is 88.0 Å². The molecule has 0 fully saturated rings. The molecule has 0 atom stereocenters. The zero-order chi connectivity index (χ0) is 36.3. The van der Waals surface area contributed by atoms with E-state index in [9.17, 15) is 0 Å². The van der Waals surface area contributed by atoms with E-state index in [0.29, 0.717) is 0 Å². The van der Waals surface area contributed by atoms with Crippen molar-refractivity contribution in [1.82, 2.24) is 0 Å². The normalized spacial score (nSPS) is 11.6. The second kappa shape index (κ2) is 12.6. The number of benzene rings is 9. The Labute approximate surface area is 317 Å². The summed E-state index contributed by atoms with van der Waals surface area (Å²) in [5.74, 6) is 0. The number of fused-ring (bicyclic) bond motifs is 7. The minimum atomic E-state index is 0.854. The van der Waals surface area contributed by atoms with Gasteiger partial charge in [0, 0.05) is 44.4 Å². The highest BCUT2D eigenvalue weighted by Crippen LogP contribution is 2.46. The monoisotopic (exact) mass is 703 g/mol. The fourth-order valence-corrected chi connectivity index (χ4v) is 8.24. The molecule has 55 heavy (non-hydrogen) atoms. The summed E-state index contributed by atoms with van der Waals surface area (Å²) in [6.07, 6.45) is 0. The molecule has 0 saturated heterocycles. The molecule has 9 aromatic carbocycles. The Morgan fingerprint density at radius 3 is 1.51 bits per heavy atom. The molecular formula is C52H33NO2. The summed E-state index contributed by atoms with van der Waals surface area (Å²) in [5.41, 5.74) is 13.6. The molecule has 0 unspecified atom stereocenters. The molecule has 0 aliphatic heterocycles. The molecule has 258 valence electrons. The van der Waals surface area contributed by atoms with E-state index in [1.165, 1.54) is 10.9 Å². The van der Waals surface area contributed by atoms with Gasteiger partial charge in [-0.1, -0.05) is 133 Å². The first-order chi connectivity index (χ1) is 27.2. The van der Waals surface area contributed by atoms with Gasteiger partial charge in [-0.25, -0.2) is 0 Å². The van der Waals surface area contributed by atoms with Crippen LogP contribution in [0.5, 0.6) is 0 Å². The Morgan fingerprint density at radius 2 is 0.818 bits per heavy atom. The number of hydrogen-bond donors (Lipinski definition) is 0. The molecule has 0 saturated carbocycles. The summed E-state index contributed by atoms with van der Waals surface area (Å²) in [7, 11) is 0. The lowest BCUT2D eigenvalue weighted by Gasteiger charge is -2.28.